The molecular formula is C11H18S2. The highest BCUT2D eigenvalue weighted by atomic mass is 32.2. The third-order valence-electron chi connectivity index (χ3n) is 2.00. The van der Waals surface area contributed by atoms with Gasteiger partial charge in [-0.25, -0.2) is 0 Å². The van der Waals surface area contributed by atoms with Gasteiger partial charge in [-0.2, -0.15) is 11.8 Å². The lowest BCUT2D eigenvalue weighted by Crippen LogP contribution is -1.84. The molecule has 1 heterocycles. The van der Waals surface area contributed by atoms with Crippen molar-refractivity contribution >= 4 is 23.1 Å². The first-order chi connectivity index (χ1) is 6.43. The van der Waals surface area contributed by atoms with Crippen LogP contribution < -0.4 is 0 Å². The van der Waals surface area contributed by atoms with E-state index >= 15 is 0 Å². The summed E-state index contributed by atoms with van der Waals surface area (Å²) >= 11 is 3.94. The van der Waals surface area contributed by atoms with E-state index in [1.807, 2.05) is 11.3 Å². The normalized spacial score (nSPS) is 10.5. The van der Waals surface area contributed by atoms with Crippen LogP contribution in [-0.4, -0.2) is 11.5 Å². The summed E-state index contributed by atoms with van der Waals surface area (Å²) in [5.41, 5.74) is 0. The van der Waals surface area contributed by atoms with Crippen molar-refractivity contribution in [3.05, 3.63) is 22.4 Å². The second-order valence-corrected chi connectivity index (χ2v) is 5.51. The molecule has 2 heteroatoms. The van der Waals surface area contributed by atoms with Crippen LogP contribution in [0.25, 0.3) is 0 Å². The van der Waals surface area contributed by atoms with Gasteiger partial charge in [-0.15, -0.1) is 11.3 Å². The van der Waals surface area contributed by atoms with Gasteiger partial charge in [0.25, 0.3) is 0 Å². The van der Waals surface area contributed by atoms with Gasteiger partial charge in [0, 0.05) is 4.88 Å². The molecule has 0 saturated carbocycles. The van der Waals surface area contributed by atoms with Crippen LogP contribution in [0.5, 0.6) is 0 Å². The van der Waals surface area contributed by atoms with Gasteiger partial charge in [0.2, 0.25) is 0 Å². The fraction of sp³-hybridized carbons (Fsp3) is 0.636. The molecule has 0 bridgehead atoms. The van der Waals surface area contributed by atoms with Crippen LogP contribution >= 0.6 is 23.1 Å². The van der Waals surface area contributed by atoms with Crippen molar-refractivity contribution < 1.29 is 0 Å². The third kappa shape index (κ3) is 5.37. The molecule has 0 aromatic carbocycles. The summed E-state index contributed by atoms with van der Waals surface area (Å²) in [5.74, 6) is 2.62. The Morgan fingerprint density at radius 1 is 1.31 bits per heavy atom. The van der Waals surface area contributed by atoms with Crippen molar-refractivity contribution in [2.24, 2.45) is 0 Å². The minimum atomic E-state index is 1.27. The molecule has 74 valence electrons. The molecule has 0 nitrogen and oxygen atoms in total. The third-order valence-corrected chi connectivity index (χ3v) is 3.92. The maximum atomic E-state index is 2.24. The van der Waals surface area contributed by atoms with E-state index < -0.39 is 0 Å². The average molecular weight is 214 g/mol. The van der Waals surface area contributed by atoms with E-state index in [2.05, 4.69) is 36.2 Å². The second-order valence-electron chi connectivity index (χ2n) is 3.09. The Hall–Kier alpha value is 0.0500. The number of thiophene rings is 1. The van der Waals surface area contributed by atoms with Crippen molar-refractivity contribution in [2.45, 2.75) is 32.6 Å². The Balaban J connectivity index is 1.90. The smallest absolute Gasteiger partial charge is 0.00452 e. The van der Waals surface area contributed by atoms with Crippen molar-refractivity contribution in [3.8, 4) is 0 Å². The zero-order valence-corrected chi connectivity index (χ0v) is 9.92. The van der Waals surface area contributed by atoms with Gasteiger partial charge in [-0.1, -0.05) is 19.4 Å². The molecule has 0 spiro atoms. The minimum absolute atomic E-state index is 1.27. The standard InChI is InChI=1S/C11H18S2/c1-2-12-9-5-3-4-7-11-8-6-10-13-11/h6,8,10H,2-5,7,9H2,1H3. The first-order valence-electron chi connectivity index (χ1n) is 5.03. The predicted molar refractivity (Wildman–Crippen MR) is 64.9 cm³/mol. The minimum Gasteiger partial charge on any atom is -0.162 e. The van der Waals surface area contributed by atoms with Crippen LogP contribution in [0, 0.1) is 0 Å². The molecule has 1 aromatic heterocycles. The van der Waals surface area contributed by atoms with Gasteiger partial charge in [0.15, 0.2) is 0 Å². The number of hydrogen-bond acceptors (Lipinski definition) is 2. The SMILES string of the molecule is CCSCCCCCc1cccs1. The maximum absolute atomic E-state index is 2.24. The number of aryl methyl sites for hydroxylation is 1. The fourth-order valence-corrected chi connectivity index (χ4v) is 2.73. The molecule has 0 fully saturated rings. The summed E-state index contributed by atoms with van der Waals surface area (Å²) in [7, 11) is 0. The topological polar surface area (TPSA) is 0 Å². The Kier molecular flexibility index (Phi) is 6.38. The van der Waals surface area contributed by atoms with E-state index in [0.717, 1.165) is 0 Å². The summed E-state index contributed by atoms with van der Waals surface area (Å²) in [5, 5.41) is 2.17. The van der Waals surface area contributed by atoms with E-state index in [-0.39, 0.29) is 0 Å². The average Bonchev–Trinajstić information content (AvgIpc) is 2.63. The number of thioether (sulfide) groups is 1. The molecule has 13 heavy (non-hydrogen) atoms. The van der Waals surface area contributed by atoms with Crippen LogP contribution in [0.3, 0.4) is 0 Å². The highest BCUT2D eigenvalue weighted by Gasteiger charge is 1.93. The monoisotopic (exact) mass is 214 g/mol. The van der Waals surface area contributed by atoms with Crippen LogP contribution in [-0.2, 0) is 6.42 Å². The van der Waals surface area contributed by atoms with Gasteiger partial charge in [0.1, 0.15) is 0 Å². The number of hydrogen-bond donors (Lipinski definition) is 0. The molecule has 0 amide bonds. The van der Waals surface area contributed by atoms with Crippen molar-refractivity contribution in [2.75, 3.05) is 11.5 Å². The van der Waals surface area contributed by atoms with Crippen molar-refractivity contribution in [1.29, 1.82) is 0 Å². The first-order valence-corrected chi connectivity index (χ1v) is 7.07. The summed E-state index contributed by atoms with van der Waals surface area (Å²) in [6.45, 7) is 2.23. The van der Waals surface area contributed by atoms with E-state index in [0.29, 0.717) is 0 Å². The van der Waals surface area contributed by atoms with Gasteiger partial charge in [-0.05, 0) is 42.2 Å². The van der Waals surface area contributed by atoms with Gasteiger partial charge >= 0.3 is 0 Å². The molecule has 0 atom stereocenters. The van der Waals surface area contributed by atoms with Gasteiger partial charge in [0.05, 0.1) is 0 Å². The number of unbranched alkanes of at least 4 members (excludes halogenated alkanes) is 2. The van der Waals surface area contributed by atoms with E-state index in [9.17, 15) is 0 Å². The van der Waals surface area contributed by atoms with Crippen molar-refractivity contribution in [1.82, 2.24) is 0 Å². The molecular weight excluding hydrogens is 196 g/mol. The Morgan fingerprint density at radius 3 is 2.92 bits per heavy atom. The predicted octanol–water partition coefficient (Wildman–Crippen LogP) is 4.21. The zero-order valence-electron chi connectivity index (χ0n) is 8.29. The molecule has 1 aromatic rings. The lowest BCUT2D eigenvalue weighted by molar-refractivity contribution is 0.728. The first kappa shape index (κ1) is 11.1. The van der Waals surface area contributed by atoms with Crippen LogP contribution in [0.15, 0.2) is 17.5 Å². The van der Waals surface area contributed by atoms with Gasteiger partial charge < -0.3 is 0 Å². The number of rotatable bonds is 7. The Bertz CT molecular complexity index is 192. The molecule has 0 aliphatic carbocycles. The lowest BCUT2D eigenvalue weighted by atomic mass is 10.2. The van der Waals surface area contributed by atoms with Crippen molar-refractivity contribution in [3.63, 3.8) is 0 Å². The van der Waals surface area contributed by atoms with Gasteiger partial charge in [-0.3, -0.25) is 0 Å². The molecule has 1 rings (SSSR count). The van der Waals surface area contributed by atoms with Crippen LogP contribution in [0.2, 0.25) is 0 Å². The quantitative estimate of drug-likeness (QED) is 0.613. The van der Waals surface area contributed by atoms with E-state index in [4.69, 9.17) is 0 Å². The van der Waals surface area contributed by atoms with E-state index in [1.54, 1.807) is 4.88 Å². The molecule has 0 radical (unpaired) electrons. The summed E-state index contributed by atoms with van der Waals surface area (Å²) in [4.78, 5) is 1.54. The summed E-state index contributed by atoms with van der Waals surface area (Å²) in [6, 6.07) is 4.39. The van der Waals surface area contributed by atoms with Crippen LogP contribution in [0.4, 0.5) is 0 Å². The van der Waals surface area contributed by atoms with E-state index in [1.165, 1.54) is 37.2 Å². The largest absolute Gasteiger partial charge is 0.162 e. The maximum Gasteiger partial charge on any atom is 0.00452 e. The molecule has 0 saturated heterocycles. The molecule has 0 unspecified atom stereocenters. The highest BCUT2D eigenvalue weighted by Crippen LogP contribution is 2.13. The summed E-state index contributed by atoms with van der Waals surface area (Å²) < 4.78 is 0. The Labute approximate surface area is 89.7 Å². The Morgan fingerprint density at radius 2 is 2.23 bits per heavy atom. The lowest BCUT2D eigenvalue weighted by Gasteiger charge is -1.98. The molecule has 0 N–H and O–H groups in total. The van der Waals surface area contributed by atoms with Crippen LogP contribution in [0.1, 0.15) is 31.1 Å². The zero-order chi connectivity index (χ0) is 9.36. The molecule has 0 aliphatic heterocycles. The second kappa shape index (κ2) is 7.45. The molecule has 0 aliphatic rings. The highest BCUT2D eigenvalue weighted by molar-refractivity contribution is 7.99. The summed E-state index contributed by atoms with van der Waals surface area (Å²) in [6.07, 6.45) is 5.44. The fourth-order valence-electron chi connectivity index (χ4n) is 1.28.